The van der Waals surface area contributed by atoms with Gasteiger partial charge in [0.2, 0.25) is 5.91 Å². The first-order valence-electron chi connectivity index (χ1n) is 5.56. The Morgan fingerprint density at radius 1 is 1.47 bits per heavy atom. The molecule has 1 amide bonds. The topological polar surface area (TPSA) is 84.7 Å². The molecular weight excluding hydrogens is 220 g/mol. The highest BCUT2D eigenvalue weighted by molar-refractivity contribution is 5.81. The van der Waals surface area contributed by atoms with Crippen LogP contribution in [0.5, 0.6) is 0 Å². The predicted molar refractivity (Wildman–Crippen MR) is 63.0 cm³/mol. The Bertz CT molecular complexity index is 380. The molecule has 17 heavy (non-hydrogen) atoms. The molecule has 0 aliphatic heterocycles. The molecule has 1 unspecified atom stereocenters. The average Bonchev–Trinajstić information content (AvgIpc) is 2.58. The maximum absolute atomic E-state index is 11.7. The maximum atomic E-state index is 11.7. The first-order chi connectivity index (χ1) is 7.78. The van der Waals surface area contributed by atoms with Crippen LogP contribution in [0, 0.1) is 0 Å². The van der Waals surface area contributed by atoms with Crippen LogP contribution in [0.3, 0.4) is 0 Å². The molecule has 1 atom stereocenters. The molecule has 7 nitrogen and oxygen atoms in total. The number of amides is 1. The summed E-state index contributed by atoms with van der Waals surface area (Å²) >= 11 is 0. The lowest BCUT2D eigenvalue weighted by Gasteiger charge is -2.23. The van der Waals surface area contributed by atoms with Crippen molar-refractivity contribution in [3.05, 3.63) is 5.82 Å². The summed E-state index contributed by atoms with van der Waals surface area (Å²) in [5, 5.41) is 17.5. The van der Waals surface area contributed by atoms with Crippen molar-refractivity contribution in [3.63, 3.8) is 0 Å². The van der Waals surface area contributed by atoms with Crippen molar-refractivity contribution >= 4 is 5.91 Å². The highest BCUT2D eigenvalue weighted by Gasteiger charge is 2.19. The van der Waals surface area contributed by atoms with Gasteiger partial charge in [0.15, 0.2) is 5.82 Å². The molecule has 0 spiro atoms. The fraction of sp³-hybridized carbons (Fsp3) is 0.800. The number of tetrazole rings is 1. The maximum Gasteiger partial charge on any atom is 0.237 e. The standard InChI is InChI=1S/C10H20N6O/c1-7(9(17)12-10(2,3)4)11-6-8-13-15-16(5)14-8/h7,11H,6H2,1-5H3,(H,12,17). The van der Waals surface area contributed by atoms with E-state index in [1.807, 2.05) is 20.8 Å². The number of nitrogens with zero attached hydrogens (tertiary/aromatic N) is 4. The summed E-state index contributed by atoms with van der Waals surface area (Å²) in [4.78, 5) is 13.1. The van der Waals surface area contributed by atoms with Gasteiger partial charge in [-0.3, -0.25) is 10.1 Å². The van der Waals surface area contributed by atoms with Gasteiger partial charge in [-0.05, 0) is 32.9 Å². The van der Waals surface area contributed by atoms with Gasteiger partial charge in [-0.15, -0.1) is 10.2 Å². The van der Waals surface area contributed by atoms with Gasteiger partial charge in [0, 0.05) is 5.54 Å². The summed E-state index contributed by atoms with van der Waals surface area (Å²) in [6.07, 6.45) is 0. The van der Waals surface area contributed by atoms with Crippen molar-refractivity contribution in [2.45, 2.75) is 45.8 Å². The summed E-state index contributed by atoms with van der Waals surface area (Å²) in [5.41, 5.74) is -0.224. The Kier molecular flexibility index (Phi) is 4.17. The zero-order chi connectivity index (χ0) is 13.1. The van der Waals surface area contributed by atoms with E-state index in [4.69, 9.17) is 0 Å². The molecule has 1 rings (SSSR count). The van der Waals surface area contributed by atoms with Gasteiger partial charge >= 0.3 is 0 Å². The first-order valence-corrected chi connectivity index (χ1v) is 5.56. The highest BCUT2D eigenvalue weighted by atomic mass is 16.2. The minimum absolute atomic E-state index is 0.0404. The monoisotopic (exact) mass is 240 g/mol. The minimum atomic E-state index is -0.293. The van der Waals surface area contributed by atoms with Crippen LogP contribution in [0.2, 0.25) is 0 Å². The van der Waals surface area contributed by atoms with E-state index in [-0.39, 0.29) is 17.5 Å². The Morgan fingerprint density at radius 3 is 2.59 bits per heavy atom. The van der Waals surface area contributed by atoms with Gasteiger partial charge in [0.1, 0.15) is 0 Å². The summed E-state index contributed by atoms with van der Waals surface area (Å²) in [6.45, 7) is 8.07. The number of nitrogens with one attached hydrogen (secondary N) is 2. The molecule has 0 aromatic carbocycles. The van der Waals surface area contributed by atoms with Gasteiger partial charge in [-0.25, -0.2) is 0 Å². The molecular formula is C10H20N6O. The molecule has 0 saturated carbocycles. The molecule has 2 N–H and O–H groups in total. The van der Waals surface area contributed by atoms with Crippen LogP contribution >= 0.6 is 0 Å². The molecule has 0 radical (unpaired) electrons. The second-order valence-electron chi connectivity index (χ2n) is 5.04. The van der Waals surface area contributed by atoms with E-state index in [1.165, 1.54) is 4.80 Å². The van der Waals surface area contributed by atoms with Crippen LogP contribution in [-0.2, 0) is 18.4 Å². The number of hydrogen-bond donors (Lipinski definition) is 2. The van der Waals surface area contributed by atoms with Crippen LogP contribution in [0.25, 0.3) is 0 Å². The quantitative estimate of drug-likeness (QED) is 0.748. The fourth-order valence-electron chi connectivity index (χ4n) is 1.21. The number of hydrogen-bond acceptors (Lipinski definition) is 5. The predicted octanol–water partition coefficient (Wildman–Crippen LogP) is -0.397. The van der Waals surface area contributed by atoms with Gasteiger partial charge < -0.3 is 5.32 Å². The van der Waals surface area contributed by atoms with E-state index in [2.05, 4.69) is 26.0 Å². The SMILES string of the molecule is CC(NCc1nnn(C)n1)C(=O)NC(C)(C)C. The Hall–Kier alpha value is -1.50. The third-order valence-electron chi connectivity index (χ3n) is 2.01. The van der Waals surface area contributed by atoms with E-state index in [1.54, 1.807) is 14.0 Å². The zero-order valence-electron chi connectivity index (χ0n) is 11.0. The van der Waals surface area contributed by atoms with Crippen molar-refractivity contribution < 1.29 is 4.79 Å². The van der Waals surface area contributed by atoms with Crippen LogP contribution < -0.4 is 10.6 Å². The van der Waals surface area contributed by atoms with Gasteiger partial charge in [0.25, 0.3) is 0 Å². The lowest BCUT2D eigenvalue weighted by atomic mass is 10.1. The molecule has 0 bridgehead atoms. The Balaban J connectivity index is 2.39. The van der Waals surface area contributed by atoms with E-state index < -0.39 is 0 Å². The van der Waals surface area contributed by atoms with Crippen molar-refractivity contribution in [2.24, 2.45) is 7.05 Å². The number of carbonyl (C=O) groups excluding carboxylic acids is 1. The van der Waals surface area contributed by atoms with E-state index >= 15 is 0 Å². The number of rotatable bonds is 4. The zero-order valence-corrected chi connectivity index (χ0v) is 11.0. The van der Waals surface area contributed by atoms with Crippen LogP contribution in [-0.4, -0.2) is 37.7 Å². The molecule has 0 saturated heterocycles. The van der Waals surface area contributed by atoms with Crippen molar-refractivity contribution in [1.29, 1.82) is 0 Å². The Labute approximate surface area is 101 Å². The third kappa shape index (κ3) is 4.90. The van der Waals surface area contributed by atoms with Gasteiger partial charge in [-0.2, -0.15) is 4.80 Å². The van der Waals surface area contributed by atoms with Crippen molar-refractivity contribution in [2.75, 3.05) is 0 Å². The van der Waals surface area contributed by atoms with Gasteiger partial charge in [0.05, 0.1) is 19.6 Å². The average molecular weight is 240 g/mol. The number of aromatic nitrogens is 4. The van der Waals surface area contributed by atoms with Crippen LogP contribution in [0.4, 0.5) is 0 Å². The minimum Gasteiger partial charge on any atom is -0.350 e. The molecule has 96 valence electrons. The summed E-state index contributed by atoms with van der Waals surface area (Å²) in [5.74, 6) is 0.532. The summed E-state index contributed by atoms with van der Waals surface area (Å²) in [7, 11) is 1.70. The summed E-state index contributed by atoms with van der Waals surface area (Å²) < 4.78 is 0. The molecule has 0 aliphatic carbocycles. The largest absolute Gasteiger partial charge is 0.350 e. The van der Waals surface area contributed by atoms with Crippen molar-refractivity contribution in [1.82, 2.24) is 30.8 Å². The number of carbonyl (C=O) groups is 1. The lowest BCUT2D eigenvalue weighted by molar-refractivity contribution is -0.124. The third-order valence-corrected chi connectivity index (χ3v) is 2.01. The summed E-state index contributed by atoms with van der Waals surface area (Å²) in [6, 6.07) is -0.293. The van der Waals surface area contributed by atoms with E-state index in [9.17, 15) is 4.79 Å². The second kappa shape index (κ2) is 5.22. The number of aryl methyl sites for hydroxylation is 1. The molecule has 1 aromatic heterocycles. The molecule has 0 fully saturated rings. The first kappa shape index (κ1) is 13.6. The van der Waals surface area contributed by atoms with Crippen molar-refractivity contribution in [3.8, 4) is 0 Å². The van der Waals surface area contributed by atoms with E-state index in [0.29, 0.717) is 12.4 Å². The molecule has 7 heteroatoms. The highest BCUT2D eigenvalue weighted by Crippen LogP contribution is 1.99. The molecule has 1 heterocycles. The lowest BCUT2D eigenvalue weighted by Crippen LogP contribution is -2.49. The second-order valence-corrected chi connectivity index (χ2v) is 5.04. The normalized spacial score (nSPS) is 13.5. The fourth-order valence-corrected chi connectivity index (χ4v) is 1.21. The smallest absolute Gasteiger partial charge is 0.237 e. The van der Waals surface area contributed by atoms with Gasteiger partial charge in [-0.1, -0.05) is 0 Å². The molecule has 0 aliphatic rings. The Morgan fingerprint density at radius 2 is 2.12 bits per heavy atom. The molecule has 1 aromatic rings. The van der Waals surface area contributed by atoms with Crippen LogP contribution in [0.15, 0.2) is 0 Å². The van der Waals surface area contributed by atoms with Crippen LogP contribution in [0.1, 0.15) is 33.5 Å². The van der Waals surface area contributed by atoms with E-state index in [0.717, 1.165) is 0 Å².